The van der Waals surface area contributed by atoms with Gasteiger partial charge in [-0.05, 0) is 32.1 Å². The first-order chi connectivity index (χ1) is 7.84. The predicted molar refractivity (Wildman–Crippen MR) is 61.3 cm³/mol. The second-order valence-corrected chi connectivity index (χ2v) is 5.42. The van der Waals surface area contributed by atoms with Gasteiger partial charge in [-0.3, -0.25) is 9.69 Å². The Morgan fingerprint density at radius 2 is 1.94 bits per heavy atom. The molecule has 1 saturated heterocycles. The molecule has 3 aliphatic rings. The van der Waals surface area contributed by atoms with E-state index in [0.717, 1.165) is 38.8 Å². The third kappa shape index (κ3) is 1.91. The lowest BCUT2D eigenvalue weighted by atomic mass is 9.91. The summed E-state index contributed by atoms with van der Waals surface area (Å²) in [5, 5.41) is 0. The number of fused-ring (bicyclic) bond motifs is 1. The lowest BCUT2D eigenvalue weighted by molar-refractivity contribution is -0.123. The van der Waals surface area contributed by atoms with Gasteiger partial charge < -0.3 is 4.74 Å². The fourth-order valence-corrected chi connectivity index (χ4v) is 3.67. The van der Waals surface area contributed by atoms with Crippen molar-refractivity contribution in [2.75, 3.05) is 13.2 Å². The van der Waals surface area contributed by atoms with Gasteiger partial charge in [-0.1, -0.05) is 0 Å². The monoisotopic (exact) mass is 223 g/mol. The quantitative estimate of drug-likeness (QED) is 0.678. The van der Waals surface area contributed by atoms with Crippen LogP contribution in [0.3, 0.4) is 0 Å². The molecule has 3 heteroatoms. The van der Waals surface area contributed by atoms with E-state index in [1.165, 1.54) is 19.3 Å². The summed E-state index contributed by atoms with van der Waals surface area (Å²) in [6.45, 7) is 1.98. The van der Waals surface area contributed by atoms with Crippen LogP contribution >= 0.6 is 0 Å². The maximum Gasteiger partial charge on any atom is 0.133 e. The van der Waals surface area contributed by atoms with Crippen LogP contribution < -0.4 is 0 Å². The molecule has 0 aromatic heterocycles. The first-order valence-electron chi connectivity index (χ1n) is 6.73. The molecule has 3 fully saturated rings. The van der Waals surface area contributed by atoms with Crippen molar-refractivity contribution in [3.8, 4) is 0 Å². The minimum Gasteiger partial charge on any atom is -0.375 e. The second-order valence-electron chi connectivity index (χ2n) is 5.42. The molecule has 0 spiro atoms. The van der Waals surface area contributed by atoms with Crippen molar-refractivity contribution in [2.45, 2.75) is 63.1 Å². The molecule has 3 rings (SSSR count). The van der Waals surface area contributed by atoms with E-state index in [2.05, 4.69) is 4.90 Å². The van der Waals surface area contributed by atoms with Gasteiger partial charge in [0.2, 0.25) is 0 Å². The molecular formula is C13H21NO2. The summed E-state index contributed by atoms with van der Waals surface area (Å²) in [5.74, 6) is 0.465. The number of Topliss-reactive ketones (excluding diaryl/α,β-unsaturated/α-hetero) is 1. The summed E-state index contributed by atoms with van der Waals surface area (Å²) < 4.78 is 5.84. The number of nitrogens with zero attached hydrogens (tertiary/aromatic N) is 1. The average Bonchev–Trinajstić information content (AvgIpc) is 2.78. The third-order valence-electron chi connectivity index (χ3n) is 4.51. The number of carbonyl (C=O) groups excluding carboxylic acids is 1. The van der Waals surface area contributed by atoms with Gasteiger partial charge in [0.15, 0.2) is 0 Å². The molecular weight excluding hydrogens is 202 g/mol. The SMILES string of the molecule is O=C1CCC(N2CCOC3CCCC32)CC1. The van der Waals surface area contributed by atoms with Crippen molar-refractivity contribution in [3.05, 3.63) is 0 Å². The summed E-state index contributed by atoms with van der Waals surface area (Å²) in [5.41, 5.74) is 0. The molecule has 0 amide bonds. The molecule has 2 unspecified atom stereocenters. The van der Waals surface area contributed by atoms with Crippen LogP contribution in [0.4, 0.5) is 0 Å². The highest BCUT2D eigenvalue weighted by atomic mass is 16.5. The largest absolute Gasteiger partial charge is 0.375 e. The van der Waals surface area contributed by atoms with Crippen LogP contribution in [0.1, 0.15) is 44.9 Å². The molecule has 90 valence electrons. The zero-order valence-corrected chi connectivity index (χ0v) is 9.86. The maximum absolute atomic E-state index is 11.3. The Balaban J connectivity index is 1.66. The van der Waals surface area contributed by atoms with Crippen molar-refractivity contribution >= 4 is 5.78 Å². The topological polar surface area (TPSA) is 29.5 Å². The molecule has 2 aliphatic carbocycles. The van der Waals surface area contributed by atoms with Gasteiger partial charge in [-0.25, -0.2) is 0 Å². The molecule has 0 N–H and O–H groups in total. The van der Waals surface area contributed by atoms with E-state index in [-0.39, 0.29) is 0 Å². The van der Waals surface area contributed by atoms with Gasteiger partial charge in [0, 0.05) is 31.5 Å². The van der Waals surface area contributed by atoms with Crippen LogP contribution in [-0.2, 0) is 9.53 Å². The van der Waals surface area contributed by atoms with E-state index >= 15 is 0 Å². The Morgan fingerprint density at radius 1 is 1.12 bits per heavy atom. The molecule has 3 nitrogen and oxygen atoms in total. The fourth-order valence-electron chi connectivity index (χ4n) is 3.67. The van der Waals surface area contributed by atoms with Crippen LogP contribution in [0.25, 0.3) is 0 Å². The number of ether oxygens (including phenoxy) is 1. The minimum absolute atomic E-state index is 0.465. The van der Waals surface area contributed by atoms with Crippen LogP contribution in [0.2, 0.25) is 0 Å². The van der Waals surface area contributed by atoms with Crippen LogP contribution in [-0.4, -0.2) is 42.0 Å². The van der Waals surface area contributed by atoms with Crippen LogP contribution in [0, 0.1) is 0 Å². The molecule has 0 bridgehead atoms. The fraction of sp³-hybridized carbons (Fsp3) is 0.923. The number of morpholine rings is 1. The smallest absolute Gasteiger partial charge is 0.133 e. The molecule has 0 radical (unpaired) electrons. The summed E-state index contributed by atoms with van der Waals surface area (Å²) in [4.78, 5) is 13.9. The Kier molecular flexibility index (Phi) is 2.99. The van der Waals surface area contributed by atoms with E-state index in [1.54, 1.807) is 0 Å². The zero-order valence-electron chi connectivity index (χ0n) is 9.86. The highest BCUT2D eigenvalue weighted by molar-refractivity contribution is 5.79. The molecule has 0 aromatic carbocycles. The molecule has 0 aromatic rings. The molecule has 2 atom stereocenters. The normalized spacial score (nSPS) is 37.6. The predicted octanol–water partition coefficient (Wildman–Crippen LogP) is 1.75. The van der Waals surface area contributed by atoms with E-state index < -0.39 is 0 Å². The van der Waals surface area contributed by atoms with Gasteiger partial charge >= 0.3 is 0 Å². The maximum atomic E-state index is 11.3. The van der Waals surface area contributed by atoms with E-state index in [9.17, 15) is 4.79 Å². The molecule has 2 saturated carbocycles. The van der Waals surface area contributed by atoms with E-state index in [4.69, 9.17) is 4.74 Å². The Hall–Kier alpha value is -0.410. The first kappa shape index (κ1) is 10.7. The Morgan fingerprint density at radius 3 is 2.75 bits per heavy atom. The number of hydrogen-bond acceptors (Lipinski definition) is 3. The summed E-state index contributed by atoms with van der Waals surface area (Å²) in [6, 6.07) is 1.32. The highest BCUT2D eigenvalue weighted by Gasteiger charge is 2.39. The van der Waals surface area contributed by atoms with Crippen molar-refractivity contribution in [1.82, 2.24) is 4.90 Å². The summed E-state index contributed by atoms with van der Waals surface area (Å²) in [7, 11) is 0. The number of hydrogen-bond donors (Lipinski definition) is 0. The number of rotatable bonds is 1. The van der Waals surface area contributed by atoms with Crippen molar-refractivity contribution in [3.63, 3.8) is 0 Å². The summed E-state index contributed by atoms with van der Waals surface area (Å²) >= 11 is 0. The highest BCUT2D eigenvalue weighted by Crippen LogP contribution is 2.33. The van der Waals surface area contributed by atoms with Crippen molar-refractivity contribution in [1.29, 1.82) is 0 Å². The van der Waals surface area contributed by atoms with Gasteiger partial charge in [0.1, 0.15) is 5.78 Å². The minimum atomic E-state index is 0.465. The standard InChI is InChI=1S/C13H21NO2/c15-11-6-4-10(5-7-11)14-8-9-16-13-3-1-2-12(13)14/h10,12-13H,1-9H2. The van der Waals surface area contributed by atoms with Crippen molar-refractivity contribution < 1.29 is 9.53 Å². The van der Waals surface area contributed by atoms with Crippen LogP contribution in [0.5, 0.6) is 0 Å². The zero-order chi connectivity index (χ0) is 11.0. The average molecular weight is 223 g/mol. The Labute approximate surface area is 97.1 Å². The second kappa shape index (κ2) is 4.46. The lowest BCUT2D eigenvalue weighted by Gasteiger charge is -2.43. The van der Waals surface area contributed by atoms with Gasteiger partial charge in [-0.15, -0.1) is 0 Å². The molecule has 1 aliphatic heterocycles. The Bertz CT molecular complexity index is 269. The van der Waals surface area contributed by atoms with Crippen molar-refractivity contribution in [2.24, 2.45) is 0 Å². The van der Waals surface area contributed by atoms with Gasteiger partial charge in [-0.2, -0.15) is 0 Å². The first-order valence-corrected chi connectivity index (χ1v) is 6.73. The lowest BCUT2D eigenvalue weighted by Crippen LogP contribution is -2.53. The number of carbonyl (C=O) groups is 1. The van der Waals surface area contributed by atoms with E-state index in [1.807, 2.05) is 0 Å². The number of ketones is 1. The molecule has 16 heavy (non-hydrogen) atoms. The van der Waals surface area contributed by atoms with Gasteiger partial charge in [0.25, 0.3) is 0 Å². The van der Waals surface area contributed by atoms with E-state index in [0.29, 0.717) is 24.0 Å². The third-order valence-corrected chi connectivity index (χ3v) is 4.51. The summed E-state index contributed by atoms with van der Waals surface area (Å²) in [6.07, 6.45) is 8.13. The van der Waals surface area contributed by atoms with Crippen LogP contribution in [0.15, 0.2) is 0 Å². The molecule has 1 heterocycles. The van der Waals surface area contributed by atoms with Gasteiger partial charge in [0.05, 0.1) is 12.7 Å².